The van der Waals surface area contributed by atoms with Gasteiger partial charge in [-0.3, -0.25) is 15.0 Å². The van der Waals surface area contributed by atoms with E-state index in [1.165, 1.54) is 24.8 Å². The molecule has 0 bridgehead atoms. The summed E-state index contributed by atoms with van der Waals surface area (Å²) in [4.78, 5) is 20.7. The second-order valence-corrected chi connectivity index (χ2v) is 8.06. The molecule has 2 N–H and O–H groups in total. The molecular formula is C24H22F3N3O3. The van der Waals surface area contributed by atoms with Gasteiger partial charge in [0.15, 0.2) is 5.82 Å². The summed E-state index contributed by atoms with van der Waals surface area (Å²) in [6.07, 6.45) is 3.85. The summed E-state index contributed by atoms with van der Waals surface area (Å²) >= 11 is 0. The monoisotopic (exact) mass is 457 g/mol. The largest absolute Gasteiger partial charge is 0.370 e. The number of carbonyl (C=O) groups is 1. The van der Waals surface area contributed by atoms with Crippen molar-refractivity contribution in [3.63, 3.8) is 0 Å². The first kappa shape index (κ1) is 22.9. The van der Waals surface area contributed by atoms with Crippen LogP contribution >= 0.6 is 0 Å². The molecule has 9 heteroatoms. The van der Waals surface area contributed by atoms with Gasteiger partial charge in [0.2, 0.25) is 0 Å². The summed E-state index contributed by atoms with van der Waals surface area (Å²) in [6.45, 7) is 3.34. The van der Waals surface area contributed by atoms with E-state index in [1.54, 1.807) is 12.1 Å². The van der Waals surface area contributed by atoms with Gasteiger partial charge in [-0.1, -0.05) is 6.07 Å². The number of nitrogens with one attached hydrogen (secondary N) is 1. The molecule has 3 aromatic rings. The molecule has 33 heavy (non-hydrogen) atoms. The van der Waals surface area contributed by atoms with Crippen LogP contribution in [0.15, 0.2) is 36.7 Å². The van der Waals surface area contributed by atoms with Crippen molar-refractivity contribution in [2.24, 2.45) is 0 Å². The minimum absolute atomic E-state index is 0.0444. The molecule has 4 rings (SSSR count). The van der Waals surface area contributed by atoms with E-state index in [0.717, 1.165) is 25.0 Å². The van der Waals surface area contributed by atoms with E-state index in [-0.39, 0.29) is 17.2 Å². The molecule has 0 aliphatic carbocycles. The Morgan fingerprint density at radius 2 is 1.91 bits per heavy atom. The van der Waals surface area contributed by atoms with Gasteiger partial charge in [0.25, 0.3) is 5.91 Å². The third-order valence-electron chi connectivity index (χ3n) is 5.66. The number of halogens is 3. The second-order valence-electron chi connectivity index (χ2n) is 8.06. The molecule has 2 aromatic heterocycles. The highest BCUT2D eigenvalue weighted by Crippen LogP contribution is 2.43. The second kappa shape index (κ2) is 9.29. The number of aromatic nitrogens is 2. The van der Waals surface area contributed by atoms with E-state index >= 15 is 4.39 Å². The lowest BCUT2D eigenvalue weighted by molar-refractivity contribution is -0.0427. The number of rotatable bonds is 4. The fourth-order valence-electron chi connectivity index (χ4n) is 4.22. The van der Waals surface area contributed by atoms with Crippen molar-refractivity contribution in [1.29, 1.82) is 0 Å². The summed E-state index contributed by atoms with van der Waals surface area (Å²) in [5.74, 6) is -4.10. The number of ether oxygens (including phenoxy) is 1. The van der Waals surface area contributed by atoms with Crippen molar-refractivity contribution in [1.82, 2.24) is 15.4 Å². The highest BCUT2D eigenvalue weighted by Gasteiger charge is 2.34. The zero-order valence-electron chi connectivity index (χ0n) is 18.0. The van der Waals surface area contributed by atoms with Crippen LogP contribution in [0, 0.1) is 24.4 Å². The Kier molecular flexibility index (Phi) is 6.44. The summed E-state index contributed by atoms with van der Waals surface area (Å²) in [7, 11) is 0. The van der Waals surface area contributed by atoms with E-state index in [4.69, 9.17) is 4.74 Å². The van der Waals surface area contributed by atoms with Crippen LogP contribution in [-0.4, -0.2) is 27.2 Å². The average Bonchev–Trinajstić information content (AvgIpc) is 2.79. The van der Waals surface area contributed by atoms with Crippen molar-refractivity contribution in [2.45, 2.75) is 45.3 Å². The van der Waals surface area contributed by atoms with Crippen LogP contribution in [0.2, 0.25) is 0 Å². The maximum atomic E-state index is 16.1. The SMILES string of the molecule is Cc1cc(F)c(-c2nc(C(=O)NO)c(-c3cccnc3)c(C3CCCC(C)O3)c2F)c(F)c1. The Morgan fingerprint density at radius 3 is 2.52 bits per heavy atom. The summed E-state index contributed by atoms with van der Waals surface area (Å²) in [5, 5.41) is 9.35. The van der Waals surface area contributed by atoms with Gasteiger partial charge >= 0.3 is 0 Å². The lowest BCUT2D eigenvalue weighted by Crippen LogP contribution is -2.26. The number of amides is 1. The zero-order chi connectivity index (χ0) is 23.7. The Balaban J connectivity index is 2.09. The van der Waals surface area contributed by atoms with Crippen LogP contribution in [0.4, 0.5) is 13.2 Å². The quantitative estimate of drug-likeness (QED) is 0.411. The summed E-state index contributed by atoms with van der Waals surface area (Å²) < 4.78 is 51.7. The summed E-state index contributed by atoms with van der Waals surface area (Å²) in [6, 6.07) is 5.30. The molecule has 0 spiro atoms. The van der Waals surface area contributed by atoms with Crippen molar-refractivity contribution < 1.29 is 27.9 Å². The van der Waals surface area contributed by atoms with E-state index < -0.39 is 46.4 Å². The van der Waals surface area contributed by atoms with E-state index in [9.17, 15) is 18.8 Å². The molecule has 1 fully saturated rings. The average molecular weight is 457 g/mol. The predicted octanol–water partition coefficient (Wildman–Crippen LogP) is 5.29. The number of pyridine rings is 2. The van der Waals surface area contributed by atoms with Crippen LogP contribution in [0.1, 0.15) is 53.9 Å². The van der Waals surface area contributed by atoms with Gasteiger partial charge in [-0.2, -0.15) is 0 Å². The minimum Gasteiger partial charge on any atom is -0.370 e. The minimum atomic E-state index is -1.06. The fraction of sp³-hybridized carbons (Fsp3) is 0.292. The van der Waals surface area contributed by atoms with Crippen LogP contribution in [0.3, 0.4) is 0 Å². The van der Waals surface area contributed by atoms with Gasteiger partial charge in [0.05, 0.1) is 17.8 Å². The zero-order valence-corrected chi connectivity index (χ0v) is 18.0. The van der Waals surface area contributed by atoms with Crippen LogP contribution in [-0.2, 0) is 4.74 Å². The van der Waals surface area contributed by atoms with Gasteiger partial charge in [-0.15, -0.1) is 0 Å². The van der Waals surface area contributed by atoms with Gasteiger partial charge in [0.1, 0.15) is 23.0 Å². The lowest BCUT2D eigenvalue weighted by atomic mass is 9.89. The topological polar surface area (TPSA) is 84.3 Å². The van der Waals surface area contributed by atoms with Crippen molar-refractivity contribution in [3.8, 4) is 22.4 Å². The molecule has 0 radical (unpaired) electrons. The number of carbonyl (C=O) groups excluding carboxylic acids is 1. The van der Waals surface area contributed by atoms with Crippen molar-refractivity contribution >= 4 is 5.91 Å². The Bertz CT molecular complexity index is 1180. The number of aryl methyl sites for hydroxylation is 1. The van der Waals surface area contributed by atoms with Gasteiger partial charge in [-0.25, -0.2) is 23.6 Å². The molecule has 3 heterocycles. The molecule has 0 saturated carbocycles. The number of hydrogen-bond acceptors (Lipinski definition) is 5. The van der Waals surface area contributed by atoms with Crippen molar-refractivity contribution in [3.05, 3.63) is 70.9 Å². The van der Waals surface area contributed by atoms with E-state index in [0.29, 0.717) is 17.5 Å². The number of benzene rings is 1. The van der Waals surface area contributed by atoms with Crippen LogP contribution in [0.5, 0.6) is 0 Å². The Labute approximate surface area is 188 Å². The Hall–Kier alpha value is -3.30. The number of hydrogen-bond donors (Lipinski definition) is 2. The maximum absolute atomic E-state index is 16.1. The van der Waals surface area contributed by atoms with Gasteiger partial charge < -0.3 is 4.74 Å². The summed E-state index contributed by atoms with van der Waals surface area (Å²) in [5.41, 5.74) is 0.350. The smallest absolute Gasteiger partial charge is 0.293 e. The first-order valence-electron chi connectivity index (χ1n) is 10.5. The van der Waals surface area contributed by atoms with E-state index in [2.05, 4.69) is 9.97 Å². The molecule has 172 valence electrons. The molecule has 1 aromatic carbocycles. The maximum Gasteiger partial charge on any atom is 0.293 e. The molecule has 1 saturated heterocycles. The van der Waals surface area contributed by atoms with Gasteiger partial charge in [-0.05, 0) is 56.9 Å². The first-order valence-corrected chi connectivity index (χ1v) is 10.5. The molecule has 1 amide bonds. The predicted molar refractivity (Wildman–Crippen MR) is 114 cm³/mol. The molecular weight excluding hydrogens is 435 g/mol. The molecule has 2 unspecified atom stereocenters. The normalized spacial score (nSPS) is 18.2. The van der Waals surface area contributed by atoms with Crippen molar-refractivity contribution in [2.75, 3.05) is 0 Å². The third-order valence-corrected chi connectivity index (χ3v) is 5.66. The lowest BCUT2D eigenvalue weighted by Gasteiger charge is -2.31. The van der Waals surface area contributed by atoms with E-state index in [1.807, 2.05) is 6.92 Å². The first-order chi connectivity index (χ1) is 15.8. The molecule has 6 nitrogen and oxygen atoms in total. The third kappa shape index (κ3) is 4.34. The number of hydroxylamine groups is 1. The standard InChI is InChI=1S/C24H22F3N3O3/c1-12-9-15(25)19(16(26)10-12)22-21(27)20(17-7-3-5-13(2)33-17)18(14-6-4-8-28-11-14)23(29-22)24(31)30-32/h4,6,8-11,13,17,32H,3,5,7H2,1-2H3,(H,30,31). The molecule has 2 atom stereocenters. The fourth-order valence-corrected chi connectivity index (χ4v) is 4.22. The molecule has 1 aliphatic rings. The van der Waals surface area contributed by atoms with Crippen LogP contribution < -0.4 is 5.48 Å². The highest BCUT2D eigenvalue weighted by atomic mass is 19.1. The highest BCUT2D eigenvalue weighted by molar-refractivity contribution is 6.00. The van der Waals surface area contributed by atoms with Gasteiger partial charge in [0, 0.05) is 29.1 Å². The Morgan fingerprint density at radius 1 is 1.18 bits per heavy atom. The molecule has 1 aliphatic heterocycles. The number of nitrogens with zero attached hydrogens (tertiary/aromatic N) is 2. The van der Waals surface area contributed by atoms with Crippen LogP contribution in [0.25, 0.3) is 22.4 Å².